The number of likely N-dealkylation sites (N-methyl/N-ethyl adjacent to an activating group) is 1. The van der Waals surface area contributed by atoms with Gasteiger partial charge in [0, 0.05) is 24.2 Å². The fourth-order valence-corrected chi connectivity index (χ4v) is 4.52. The monoisotopic (exact) mass is 419 g/mol. The minimum Gasteiger partial charge on any atom is -0.340 e. The number of hydrogen-bond donors (Lipinski definition) is 1. The lowest BCUT2D eigenvalue weighted by Gasteiger charge is -2.24. The Bertz CT molecular complexity index is 1030. The number of hydrogen-bond acceptors (Lipinski definition) is 4. The largest absolute Gasteiger partial charge is 0.340 e. The molecule has 0 saturated heterocycles. The van der Waals surface area contributed by atoms with E-state index in [9.17, 15) is 13.2 Å². The summed E-state index contributed by atoms with van der Waals surface area (Å²) in [6.07, 6.45) is 0. The standard InChI is InChI=1S/C20H22ClN3O3S/c1-13(2)18(20(25)24(3)12-14-7-6-8-15(21)11-14)22-19-16-9-4-5-10-17(16)28(26,27)23-19/h4-11,13,18H,12H2,1-3H3,(H,22,23)/t18-/m1/s1. The van der Waals surface area contributed by atoms with Crippen molar-refractivity contribution >= 4 is 33.4 Å². The summed E-state index contributed by atoms with van der Waals surface area (Å²) in [6, 6.07) is 13.2. The zero-order chi connectivity index (χ0) is 20.5. The van der Waals surface area contributed by atoms with Crippen LogP contribution in [0.4, 0.5) is 0 Å². The third kappa shape index (κ3) is 4.20. The van der Waals surface area contributed by atoms with Crippen molar-refractivity contribution in [2.45, 2.75) is 31.3 Å². The minimum atomic E-state index is -3.65. The first-order valence-electron chi connectivity index (χ1n) is 8.88. The van der Waals surface area contributed by atoms with Crippen molar-refractivity contribution < 1.29 is 13.2 Å². The molecule has 0 fully saturated rings. The van der Waals surface area contributed by atoms with Crippen LogP contribution in [-0.2, 0) is 21.4 Å². The molecule has 1 aliphatic heterocycles. The van der Waals surface area contributed by atoms with E-state index in [4.69, 9.17) is 11.6 Å². The normalized spacial score (nSPS) is 17.2. The van der Waals surface area contributed by atoms with Gasteiger partial charge >= 0.3 is 0 Å². The second-order valence-corrected chi connectivity index (χ2v) is 9.18. The van der Waals surface area contributed by atoms with Crippen LogP contribution in [0.5, 0.6) is 0 Å². The number of rotatable bonds is 5. The molecule has 1 aliphatic rings. The highest BCUT2D eigenvalue weighted by molar-refractivity contribution is 7.90. The number of sulfonamides is 1. The number of amidine groups is 1. The van der Waals surface area contributed by atoms with Crippen molar-refractivity contribution in [2.75, 3.05) is 7.05 Å². The summed E-state index contributed by atoms with van der Waals surface area (Å²) in [5, 5.41) is 0.607. The maximum absolute atomic E-state index is 13.0. The summed E-state index contributed by atoms with van der Waals surface area (Å²) < 4.78 is 27.0. The Morgan fingerprint density at radius 3 is 2.57 bits per heavy atom. The predicted octanol–water partition coefficient (Wildman–Crippen LogP) is 3.06. The Labute approximate surface area is 170 Å². The first-order chi connectivity index (χ1) is 13.2. The SMILES string of the molecule is CC(C)[C@@H](N=C1NS(=O)(=O)c2ccccc21)C(=O)N(C)Cc1cccc(Cl)c1. The van der Waals surface area contributed by atoms with Crippen LogP contribution < -0.4 is 4.72 Å². The number of aliphatic imine (C=N–C) groups is 1. The lowest BCUT2D eigenvalue weighted by atomic mass is 10.0. The summed E-state index contributed by atoms with van der Waals surface area (Å²) in [5.41, 5.74) is 1.39. The van der Waals surface area contributed by atoms with Gasteiger partial charge in [0.2, 0.25) is 5.91 Å². The molecule has 0 unspecified atom stereocenters. The van der Waals surface area contributed by atoms with E-state index >= 15 is 0 Å². The van der Waals surface area contributed by atoms with Gasteiger partial charge in [-0.25, -0.2) is 8.42 Å². The highest BCUT2D eigenvalue weighted by atomic mass is 35.5. The van der Waals surface area contributed by atoms with Gasteiger partial charge in [0.25, 0.3) is 10.0 Å². The molecular weight excluding hydrogens is 398 g/mol. The second kappa shape index (κ2) is 7.93. The Hall–Kier alpha value is -2.38. The minimum absolute atomic E-state index is 0.112. The quantitative estimate of drug-likeness (QED) is 0.808. The summed E-state index contributed by atoms with van der Waals surface area (Å²) in [7, 11) is -1.95. The number of nitrogens with zero attached hydrogens (tertiary/aromatic N) is 2. The van der Waals surface area contributed by atoms with Crippen molar-refractivity contribution in [2.24, 2.45) is 10.9 Å². The van der Waals surface area contributed by atoms with Crippen LogP contribution in [0.1, 0.15) is 25.0 Å². The smallest absolute Gasteiger partial charge is 0.263 e. The molecule has 0 spiro atoms. The molecule has 0 radical (unpaired) electrons. The number of carbonyl (C=O) groups excluding carboxylic acids is 1. The molecule has 1 amide bonds. The summed E-state index contributed by atoms with van der Waals surface area (Å²) in [5.74, 6) is -0.0936. The lowest BCUT2D eigenvalue weighted by molar-refractivity contribution is -0.132. The topological polar surface area (TPSA) is 78.8 Å². The van der Waals surface area contributed by atoms with E-state index in [-0.39, 0.29) is 22.6 Å². The van der Waals surface area contributed by atoms with Crippen LogP contribution in [0.2, 0.25) is 5.02 Å². The Balaban J connectivity index is 1.88. The maximum atomic E-state index is 13.0. The fourth-order valence-electron chi connectivity index (χ4n) is 3.07. The molecule has 0 saturated carbocycles. The average molecular weight is 420 g/mol. The van der Waals surface area contributed by atoms with Gasteiger partial charge in [-0.3, -0.25) is 14.5 Å². The molecule has 1 atom stereocenters. The number of amides is 1. The van der Waals surface area contributed by atoms with Crippen LogP contribution in [0.15, 0.2) is 58.4 Å². The van der Waals surface area contributed by atoms with E-state index in [1.807, 2.05) is 32.0 Å². The van der Waals surface area contributed by atoms with Crippen LogP contribution in [0.25, 0.3) is 0 Å². The summed E-state index contributed by atoms with van der Waals surface area (Å²) in [4.78, 5) is 19.3. The lowest BCUT2D eigenvalue weighted by Crippen LogP contribution is -2.39. The molecule has 28 heavy (non-hydrogen) atoms. The first-order valence-corrected chi connectivity index (χ1v) is 10.7. The van der Waals surface area contributed by atoms with Crippen LogP contribution in [0, 0.1) is 5.92 Å². The zero-order valence-corrected chi connectivity index (χ0v) is 17.5. The number of nitrogens with one attached hydrogen (secondary N) is 1. The fraction of sp³-hybridized carbons (Fsp3) is 0.300. The third-order valence-corrected chi connectivity index (χ3v) is 6.13. The predicted molar refractivity (Wildman–Crippen MR) is 110 cm³/mol. The second-order valence-electron chi connectivity index (χ2n) is 7.09. The molecule has 148 valence electrons. The van der Waals surface area contributed by atoms with Crippen LogP contribution >= 0.6 is 11.6 Å². The average Bonchev–Trinajstić information content (AvgIpc) is 2.89. The Morgan fingerprint density at radius 1 is 1.18 bits per heavy atom. The van der Waals surface area contributed by atoms with Crippen molar-refractivity contribution in [3.63, 3.8) is 0 Å². The van der Waals surface area contributed by atoms with E-state index in [0.717, 1.165) is 5.56 Å². The van der Waals surface area contributed by atoms with Gasteiger partial charge in [-0.05, 0) is 35.7 Å². The van der Waals surface area contributed by atoms with Gasteiger partial charge in [0.1, 0.15) is 11.9 Å². The highest BCUT2D eigenvalue weighted by Gasteiger charge is 2.33. The molecule has 1 N–H and O–H groups in total. The van der Waals surface area contributed by atoms with E-state index in [1.165, 1.54) is 6.07 Å². The third-order valence-electron chi connectivity index (χ3n) is 4.50. The zero-order valence-electron chi connectivity index (χ0n) is 15.9. The van der Waals surface area contributed by atoms with Crippen molar-refractivity contribution in [3.8, 4) is 0 Å². The first kappa shape index (κ1) is 20.4. The molecular formula is C20H22ClN3O3S. The van der Waals surface area contributed by atoms with Crippen LogP contribution in [0.3, 0.4) is 0 Å². The van der Waals surface area contributed by atoms with Gasteiger partial charge in [0.05, 0.1) is 4.90 Å². The Kier molecular flexibility index (Phi) is 5.76. The molecule has 3 rings (SSSR count). The van der Waals surface area contributed by atoms with Crippen molar-refractivity contribution in [3.05, 3.63) is 64.7 Å². The van der Waals surface area contributed by atoms with Gasteiger partial charge in [0.15, 0.2) is 0 Å². The molecule has 1 heterocycles. The highest BCUT2D eigenvalue weighted by Crippen LogP contribution is 2.24. The van der Waals surface area contributed by atoms with E-state index < -0.39 is 16.1 Å². The van der Waals surface area contributed by atoms with Crippen LogP contribution in [-0.4, -0.2) is 38.2 Å². The Morgan fingerprint density at radius 2 is 1.89 bits per heavy atom. The number of benzene rings is 2. The number of carbonyl (C=O) groups is 1. The van der Waals surface area contributed by atoms with Crippen molar-refractivity contribution in [1.82, 2.24) is 9.62 Å². The van der Waals surface area contributed by atoms with Gasteiger partial charge < -0.3 is 4.90 Å². The summed E-state index contributed by atoms with van der Waals surface area (Å²) in [6.45, 7) is 4.15. The molecule has 2 aromatic rings. The summed E-state index contributed by atoms with van der Waals surface area (Å²) >= 11 is 6.02. The molecule has 0 aromatic heterocycles. The van der Waals surface area contributed by atoms with E-state index in [2.05, 4.69) is 9.71 Å². The maximum Gasteiger partial charge on any atom is 0.263 e. The van der Waals surface area contributed by atoms with E-state index in [0.29, 0.717) is 17.1 Å². The van der Waals surface area contributed by atoms with E-state index in [1.54, 1.807) is 36.2 Å². The molecule has 0 bridgehead atoms. The molecule has 2 aromatic carbocycles. The van der Waals surface area contributed by atoms with Gasteiger partial charge in [-0.2, -0.15) is 0 Å². The molecule has 8 heteroatoms. The molecule has 0 aliphatic carbocycles. The van der Waals surface area contributed by atoms with Gasteiger partial charge in [-0.1, -0.05) is 49.7 Å². The van der Waals surface area contributed by atoms with Crippen molar-refractivity contribution in [1.29, 1.82) is 0 Å². The number of fused-ring (bicyclic) bond motifs is 1. The number of halogens is 1. The molecule has 6 nitrogen and oxygen atoms in total. The van der Waals surface area contributed by atoms with Gasteiger partial charge in [-0.15, -0.1) is 0 Å².